The first-order valence-corrected chi connectivity index (χ1v) is 6.10. The van der Waals surface area contributed by atoms with E-state index in [0.717, 1.165) is 16.3 Å². The molecule has 2 heteroatoms. The molecule has 1 aliphatic heterocycles. The summed E-state index contributed by atoms with van der Waals surface area (Å²) < 4.78 is 0. The molecule has 0 aromatic rings. The molecule has 0 aromatic heterocycles. The fourth-order valence-corrected chi connectivity index (χ4v) is 3.69. The fourth-order valence-electron chi connectivity index (χ4n) is 2.59. The maximum Gasteiger partial charge on any atom is 0.0209 e. The lowest BCUT2D eigenvalue weighted by atomic mass is 9.94. The van der Waals surface area contributed by atoms with Crippen LogP contribution in [0.1, 0.15) is 32.1 Å². The van der Waals surface area contributed by atoms with E-state index >= 15 is 0 Å². The van der Waals surface area contributed by atoms with Crippen molar-refractivity contribution in [3.05, 3.63) is 0 Å². The molecule has 1 saturated heterocycles. The number of likely N-dealkylation sites (tertiary alicyclic amines) is 1. The van der Waals surface area contributed by atoms with Gasteiger partial charge in [0.1, 0.15) is 0 Å². The van der Waals surface area contributed by atoms with E-state index in [-0.39, 0.29) is 0 Å². The molecule has 12 heavy (non-hydrogen) atoms. The average molecular weight is 230 g/mol. The highest BCUT2D eigenvalue weighted by molar-refractivity contribution is 9.09. The number of hydrogen-bond acceptors (Lipinski definition) is 1. The molecule has 68 valence electrons. The molecule has 2 saturated carbocycles. The number of alkyl halides is 1. The lowest BCUT2D eigenvalue weighted by molar-refractivity contribution is 0.166. The van der Waals surface area contributed by atoms with E-state index in [4.69, 9.17) is 0 Å². The topological polar surface area (TPSA) is 3.24 Å². The lowest BCUT2D eigenvalue weighted by Gasteiger charge is -2.32. The summed E-state index contributed by atoms with van der Waals surface area (Å²) in [6.07, 6.45) is 7.32. The van der Waals surface area contributed by atoms with Crippen molar-refractivity contribution in [3.8, 4) is 0 Å². The second kappa shape index (κ2) is 2.48. The molecule has 3 aliphatic rings. The van der Waals surface area contributed by atoms with Crippen molar-refractivity contribution in [2.75, 3.05) is 13.1 Å². The van der Waals surface area contributed by atoms with Gasteiger partial charge in [0.2, 0.25) is 0 Å². The Kier molecular flexibility index (Phi) is 1.61. The number of piperidine rings is 1. The highest BCUT2D eigenvalue weighted by Crippen LogP contribution is 2.58. The van der Waals surface area contributed by atoms with E-state index in [1.165, 1.54) is 45.2 Å². The Bertz CT molecular complexity index is 192. The van der Waals surface area contributed by atoms with Crippen molar-refractivity contribution in [2.24, 2.45) is 5.41 Å². The largest absolute Gasteiger partial charge is 0.300 e. The van der Waals surface area contributed by atoms with Gasteiger partial charge in [-0.2, -0.15) is 0 Å². The quantitative estimate of drug-likeness (QED) is 0.625. The second-order valence-corrected chi connectivity index (χ2v) is 5.91. The molecule has 1 heterocycles. The number of halogens is 1. The fraction of sp³-hybridized carbons (Fsp3) is 1.00. The Balaban J connectivity index is 1.59. The molecular weight excluding hydrogens is 214 g/mol. The van der Waals surface area contributed by atoms with Gasteiger partial charge < -0.3 is 4.90 Å². The molecule has 0 radical (unpaired) electrons. The van der Waals surface area contributed by atoms with E-state index in [1.54, 1.807) is 0 Å². The third-order valence-electron chi connectivity index (χ3n) is 3.95. The summed E-state index contributed by atoms with van der Waals surface area (Å²) in [6, 6.07) is 0.995. The lowest BCUT2D eigenvalue weighted by Crippen LogP contribution is -2.36. The van der Waals surface area contributed by atoms with Crippen molar-refractivity contribution in [1.82, 2.24) is 4.90 Å². The zero-order valence-electron chi connectivity index (χ0n) is 7.43. The third kappa shape index (κ3) is 1.15. The number of hydrogen-bond donors (Lipinski definition) is 0. The van der Waals surface area contributed by atoms with Gasteiger partial charge in [-0.1, -0.05) is 15.9 Å². The van der Waals surface area contributed by atoms with E-state index in [0.29, 0.717) is 0 Å². The van der Waals surface area contributed by atoms with Crippen LogP contribution >= 0.6 is 15.9 Å². The maximum absolute atomic E-state index is 3.75. The minimum atomic E-state index is 0.755. The molecular formula is C10H16BrN. The molecule has 3 fully saturated rings. The van der Waals surface area contributed by atoms with Gasteiger partial charge in [0.25, 0.3) is 0 Å². The first-order valence-electron chi connectivity index (χ1n) is 5.18. The van der Waals surface area contributed by atoms with Crippen LogP contribution in [0.15, 0.2) is 0 Å². The smallest absolute Gasteiger partial charge is 0.0209 e. The number of rotatable bonds is 1. The van der Waals surface area contributed by atoms with Gasteiger partial charge in [0, 0.05) is 10.9 Å². The van der Waals surface area contributed by atoms with Crippen molar-refractivity contribution in [1.29, 1.82) is 0 Å². The Morgan fingerprint density at radius 3 is 2.17 bits per heavy atom. The van der Waals surface area contributed by atoms with Crippen molar-refractivity contribution >= 4 is 15.9 Å². The Hall–Kier alpha value is 0.440. The average Bonchev–Trinajstić information content (AvgIpc) is 2.94. The SMILES string of the molecule is BrC1CC12CCN(C1CC1)CC2. The van der Waals surface area contributed by atoms with E-state index < -0.39 is 0 Å². The van der Waals surface area contributed by atoms with E-state index in [2.05, 4.69) is 20.8 Å². The van der Waals surface area contributed by atoms with Crippen LogP contribution < -0.4 is 0 Å². The molecule has 3 rings (SSSR count). The molecule has 1 atom stereocenters. The van der Waals surface area contributed by atoms with Crippen LogP contribution in [0.3, 0.4) is 0 Å². The van der Waals surface area contributed by atoms with Crippen LogP contribution in [0.4, 0.5) is 0 Å². The predicted octanol–water partition coefficient (Wildman–Crippen LogP) is 2.40. The zero-order valence-corrected chi connectivity index (χ0v) is 9.02. The van der Waals surface area contributed by atoms with Gasteiger partial charge in [-0.25, -0.2) is 0 Å². The number of nitrogens with zero attached hydrogens (tertiary/aromatic N) is 1. The Morgan fingerprint density at radius 1 is 1.17 bits per heavy atom. The molecule has 1 spiro atoms. The van der Waals surface area contributed by atoms with Crippen LogP contribution in [0, 0.1) is 5.41 Å². The van der Waals surface area contributed by atoms with Crippen LogP contribution in [0.2, 0.25) is 0 Å². The summed E-state index contributed by atoms with van der Waals surface area (Å²) in [5.41, 5.74) is 0.755. The van der Waals surface area contributed by atoms with Gasteiger partial charge in [-0.05, 0) is 50.6 Å². The van der Waals surface area contributed by atoms with Gasteiger partial charge >= 0.3 is 0 Å². The summed E-state index contributed by atoms with van der Waals surface area (Å²) in [5, 5.41) is 0. The monoisotopic (exact) mass is 229 g/mol. The standard InChI is InChI=1S/C10H16BrN/c11-9-7-10(9)3-5-12(6-4-10)8-1-2-8/h8-9H,1-7H2. The molecule has 0 bridgehead atoms. The molecule has 1 nitrogen and oxygen atoms in total. The summed E-state index contributed by atoms with van der Waals surface area (Å²) >= 11 is 3.75. The van der Waals surface area contributed by atoms with Crippen LogP contribution in [0.25, 0.3) is 0 Å². The zero-order chi connectivity index (χ0) is 8.18. The normalized spacial score (nSPS) is 40.2. The first kappa shape index (κ1) is 7.81. The minimum absolute atomic E-state index is 0.755. The van der Waals surface area contributed by atoms with Gasteiger partial charge in [-0.15, -0.1) is 0 Å². The maximum atomic E-state index is 3.75. The van der Waals surface area contributed by atoms with Crippen molar-refractivity contribution in [2.45, 2.75) is 43.0 Å². The van der Waals surface area contributed by atoms with Gasteiger partial charge in [0.15, 0.2) is 0 Å². The second-order valence-electron chi connectivity index (χ2n) is 4.80. The minimum Gasteiger partial charge on any atom is -0.300 e. The highest BCUT2D eigenvalue weighted by Gasteiger charge is 2.54. The van der Waals surface area contributed by atoms with Crippen molar-refractivity contribution < 1.29 is 0 Å². The summed E-state index contributed by atoms with van der Waals surface area (Å²) in [5.74, 6) is 0. The molecule has 0 N–H and O–H groups in total. The van der Waals surface area contributed by atoms with Crippen molar-refractivity contribution in [3.63, 3.8) is 0 Å². The molecule has 0 aromatic carbocycles. The van der Waals surface area contributed by atoms with E-state index in [9.17, 15) is 0 Å². The summed E-state index contributed by atoms with van der Waals surface area (Å²) in [7, 11) is 0. The van der Waals surface area contributed by atoms with Gasteiger partial charge in [-0.3, -0.25) is 0 Å². The first-order chi connectivity index (χ1) is 5.80. The molecule has 2 aliphatic carbocycles. The molecule has 0 amide bonds. The van der Waals surface area contributed by atoms with Gasteiger partial charge in [0.05, 0.1) is 0 Å². The highest BCUT2D eigenvalue weighted by atomic mass is 79.9. The van der Waals surface area contributed by atoms with Crippen LogP contribution in [-0.2, 0) is 0 Å². The van der Waals surface area contributed by atoms with Crippen LogP contribution in [-0.4, -0.2) is 28.9 Å². The van der Waals surface area contributed by atoms with Crippen LogP contribution in [0.5, 0.6) is 0 Å². The summed E-state index contributed by atoms with van der Waals surface area (Å²) in [4.78, 5) is 3.58. The predicted molar refractivity (Wildman–Crippen MR) is 53.6 cm³/mol. The third-order valence-corrected chi connectivity index (χ3v) is 5.24. The Labute approximate surface area is 82.6 Å². The molecule has 1 unspecified atom stereocenters. The van der Waals surface area contributed by atoms with E-state index in [1.807, 2.05) is 0 Å². The summed E-state index contributed by atoms with van der Waals surface area (Å²) in [6.45, 7) is 2.76. The Morgan fingerprint density at radius 2 is 1.75 bits per heavy atom.